The molecule has 1 amide bonds. The van der Waals surface area contributed by atoms with Crippen LogP contribution in [0.2, 0.25) is 5.02 Å². The Hall–Kier alpha value is -3.84. The van der Waals surface area contributed by atoms with Crippen LogP contribution >= 0.6 is 11.6 Å². The number of amides is 1. The van der Waals surface area contributed by atoms with Gasteiger partial charge in [0.05, 0.1) is 24.5 Å². The maximum absolute atomic E-state index is 13.5. The zero-order valence-electron chi connectivity index (χ0n) is 18.5. The van der Waals surface area contributed by atoms with Crippen molar-refractivity contribution in [3.05, 3.63) is 104 Å². The van der Waals surface area contributed by atoms with E-state index in [0.29, 0.717) is 18.5 Å². The third kappa shape index (κ3) is 3.88. The molecule has 3 aromatic carbocycles. The van der Waals surface area contributed by atoms with Gasteiger partial charge in [-0.25, -0.2) is 0 Å². The minimum Gasteiger partial charge on any atom is -0.497 e. The predicted octanol–water partition coefficient (Wildman–Crippen LogP) is 5.45. The van der Waals surface area contributed by atoms with E-state index in [1.165, 1.54) is 12.1 Å². The van der Waals surface area contributed by atoms with Crippen LogP contribution < -0.4 is 4.74 Å². The van der Waals surface area contributed by atoms with Crippen LogP contribution in [0.4, 0.5) is 5.69 Å². The number of nitro groups is 1. The number of rotatable bonds is 5. The lowest BCUT2D eigenvalue weighted by Crippen LogP contribution is -2.41. The van der Waals surface area contributed by atoms with Crippen molar-refractivity contribution in [3.63, 3.8) is 0 Å². The SMILES string of the molecule is COc1ccc2[nH]c3c(c2c1)CCN(C(=O)Cc1ccccc1)[C@@H]3c1ccc(Cl)c([N+](=O)[O-])c1. The molecule has 172 valence electrons. The molecule has 0 spiro atoms. The maximum atomic E-state index is 13.5. The molecule has 0 fully saturated rings. The van der Waals surface area contributed by atoms with Gasteiger partial charge in [0.2, 0.25) is 5.91 Å². The van der Waals surface area contributed by atoms with Crippen LogP contribution in [0.25, 0.3) is 10.9 Å². The zero-order valence-corrected chi connectivity index (χ0v) is 19.2. The number of carbonyl (C=O) groups excluding carboxylic acids is 1. The summed E-state index contributed by atoms with van der Waals surface area (Å²) in [5.41, 5.74) is 4.24. The number of aromatic amines is 1. The molecular formula is C26H22ClN3O4. The van der Waals surface area contributed by atoms with E-state index in [1.807, 2.05) is 48.5 Å². The highest BCUT2D eigenvalue weighted by Crippen LogP contribution is 2.41. The Bertz CT molecular complexity index is 1400. The number of halogens is 1. The summed E-state index contributed by atoms with van der Waals surface area (Å²) in [5.74, 6) is 0.700. The van der Waals surface area contributed by atoms with Crippen molar-refractivity contribution in [2.45, 2.75) is 18.9 Å². The highest BCUT2D eigenvalue weighted by atomic mass is 35.5. The van der Waals surface area contributed by atoms with E-state index in [0.717, 1.165) is 33.5 Å². The lowest BCUT2D eigenvalue weighted by molar-refractivity contribution is -0.384. The lowest BCUT2D eigenvalue weighted by Gasteiger charge is -2.36. The fourth-order valence-corrected chi connectivity index (χ4v) is 4.91. The topological polar surface area (TPSA) is 88.5 Å². The minimum atomic E-state index is -0.505. The van der Waals surface area contributed by atoms with E-state index >= 15 is 0 Å². The van der Waals surface area contributed by atoms with Crippen LogP contribution in [-0.2, 0) is 17.6 Å². The van der Waals surface area contributed by atoms with Crippen molar-refractivity contribution in [1.29, 1.82) is 0 Å². The van der Waals surface area contributed by atoms with Gasteiger partial charge < -0.3 is 14.6 Å². The predicted molar refractivity (Wildman–Crippen MR) is 130 cm³/mol. The van der Waals surface area contributed by atoms with Crippen molar-refractivity contribution in [2.75, 3.05) is 13.7 Å². The zero-order chi connectivity index (χ0) is 23.8. The van der Waals surface area contributed by atoms with Gasteiger partial charge in [-0.2, -0.15) is 0 Å². The standard InChI is InChI=1S/C26H22ClN3O4/c1-34-18-8-10-22-20(15-18)19-11-12-29(24(31)13-16-5-3-2-4-6-16)26(25(19)28-22)17-7-9-21(27)23(14-17)30(32)33/h2-10,14-15,26,28H,11-13H2,1H3/t26-/m1/s1. The van der Waals surface area contributed by atoms with Gasteiger partial charge in [-0.3, -0.25) is 14.9 Å². The smallest absolute Gasteiger partial charge is 0.288 e. The Morgan fingerprint density at radius 2 is 1.97 bits per heavy atom. The van der Waals surface area contributed by atoms with Crippen molar-refractivity contribution >= 4 is 34.1 Å². The van der Waals surface area contributed by atoms with E-state index in [4.69, 9.17) is 16.3 Å². The Morgan fingerprint density at radius 3 is 2.71 bits per heavy atom. The number of nitro benzene ring substituents is 1. The molecule has 0 saturated carbocycles. The van der Waals surface area contributed by atoms with Gasteiger partial charge >= 0.3 is 0 Å². The van der Waals surface area contributed by atoms with Crippen LogP contribution in [0, 0.1) is 10.1 Å². The van der Waals surface area contributed by atoms with Gasteiger partial charge in [-0.15, -0.1) is 0 Å². The van der Waals surface area contributed by atoms with Gasteiger partial charge in [0.15, 0.2) is 0 Å². The van der Waals surface area contributed by atoms with Crippen LogP contribution in [0.15, 0.2) is 66.7 Å². The van der Waals surface area contributed by atoms with Gasteiger partial charge in [0.25, 0.3) is 5.69 Å². The fourth-order valence-electron chi connectivity index (χ4n) is 4.72. The molecule has 1 aliphatic rings. The summed E-state index contributed by atoms with van der Waals surface area (Å²) in [6.45, 7) is 0.490. The first-order valence-corrected chi connectivity index (χ1v) is 11.3. The van der Waals surface area contributed by atoms with Crippen molar-refractivity contribution in [3.8, 4) is 5.75 Å². The molecule has 0 bridgehead atoms. The van der Waals surface area contributed by atoms with Crippen molar-refractivity contribution in [2.24, 2.45) is 0 Å². The molecular weight excluding hydrogens is 454 g/mol. The molecule has 0 radical (unpaired) electrons. The number of methoxy groups -OCH3 is 1. The Balaban J connectivity index is 1.64. The average molecular weight is 476 g/mol. The fraction of sp³-hybridized carbons (Fsp3) is 0.192. The highest BCUT2D eigenvalue weighted by Gasteiger charge is 2.35. The van der Waals surface area contributed by atoms with E-state index in [-0.39, 0.29) is 23.0 Å². The third-order valence-corrected chi connectivity index (χ3v) is 6.65. The van der Waals surface area contributed by atoms with Crippen LogP contribution in [0.3, 0.4) is 0 Å². The number of aromatic nitrogens is 1. The number of nitrogens with zero attached hydrogens (tertiary/aromatic N) is 2. The van der Waals surface area contributed by atoms with E-state index in [2.05, 4.69) is 4.98 Å². The first kappa shape index (κ1) is 22.0. The maximum Gasteiger partial charge on any atom is 0.288 e. The Kier molecular flexibility index (Phi) is 5.71. The molecule has 2 heterocycles. The van der Waals surface area contributed by atoms with Crippen LogP contribution in [-0.4, -0.2) is 34.4 Å². The number of fused-ring (bicyclic) bond motifs is 3. The summed E-state index contributed by atoms with van der Waals surface area (Å²) in [7, 11) is 1.62. The number of benzene rings is 3. The molecule has 1 aliphatic heterocycles. The van der Waals surface area contributed by atoms with Crippen LogP contribution in [0.1, 0.15) is 28.4 Å². The third-order valence-electron chi connectivity index (χ3n) is 6.34. The summed E-state index contributed by atoms with van der Waals surface area (Å²) in [5, 5.41) is 12.7. The molecule has 7 nitrogen and oxygen atoms in total. The molecule has 1 N–H and O–H groups in total. The van der Waals surface area contributed by atoms with Gasteiger partial charge in [0, 0.05) is 29.2 Å². The second-order valence-electron chi connectivity index (χ2n) is 8.30. The summed E-state index contributed by atoms with van der Waals surface area (Å²) in [6.07, 6.45) is 0.908. The van der Waals surface area contributed by atoms with Crippen molar-refractivity contribution < 1.29 is 14.5 Å². The number of H-pyrrole nitrogens is 1. The number of hydrogen-bond acceptors (Lipinski definition) is 4. The molecule has 34 heavy (non-hydrogen) atoms. The summed E-state index contributed by atoms with van der Waals surface area (Å²) in [6, 6.07) is 19.6. The minimum absolute atomic E-state index is 0.0457. The molecule has 0 saturated heterocycles. The summed E-state index contributed by atoms with van der Waals surface area (Å²) >= 11 is 6.09. The molecule has 0 aliphatic carbocycles. The quantitative estimate of drug-likeness (QED) is 0.307. The van der Waals surface area contributed by atoms with E-state index < -0.39 is 11.0 Å². The average Bonchev–Trinajstić information content (AvgIpc) is 3.22. The normalized spacial score (nSPS) is 15.2. The second-order valence-corrected chi connectivity index (χ2v) is 8.71. The van der Waals surface area contributed by atoms with Gasteiger partial charge in [0.1, 0.15) is 10.8 Å². The van der Waals surface area contributed by atoms with Crippen molar-refractivity contribution in [1.82, 2.24) is 9.88 Å². The summed E-state index contributed by atoms with van der Waals surface area (Å²) < 4.78 is 5.41. The highest BCUT2D eigenvalue weighted by molar-refractivity contribution is 6.32. The second kappa shape index (κ2) is 8.83. The van der Waals surface area contributed by atoms with E-state index in [9.17, 15) is 14.9 Å². The number of carbonyl (C=O) groups is 1. The Morgan fingerprint density at radius 1 is 1.18 bits per heavy atom. The van der Waals surface area contributed by atoms with E-state index in [1.54, 1.807) is 18.1 Å². The number of nitrogens with one attached hydrogen (secondary N) is 1. The molecule has 8 heteroatoms. The molecule has 1 aromatic heterocycles. The largest absolute Gasteiger partial charge is 0.497 e. The monoisotopic (exact) mass is 475 g/mol. The summed E-state index contributed by atoms with van der Waals surface area (Å²) in [4.78, 5) is 29.9. The first-order valence-electron chi connectivity index (χ1n) is 10.9. The number of hydrogen-bond donors (Lipinski definition) is 1. The lowest BCUT2D eigenvalue weighted by atomic mass is 9.91. The van der Waals surface area contributed by atoms with Gasteiger partial charge in [-0.05, 0) is 47.4 Å². The first-order chi connectivity index (χ1) is 16.5. The molecule has 0 unspecified atom stereocenters. The molecule has 5 rings (SSSR count). The Labute approximate surface area is 201 Å². The van der Waals surface area contributed by atoms with Gasteiger partial charge in [-0.1, -0.05) is 48.0 Å². The van der Waals surface area contributed by atoms with Crippen LogP contribution in [0.5, 0.6) is 5.75 Å². The molecule has 1 atom stereocenters. The molecule has 4 aromatic rings. The number of ether oxygens (including phenoxy) is 1.